The Morgan fingerprint density at radius 3 is 2.42 bits per heavy atom. The van der Waals surface area contributed by atoms with Crippen molar-refractivity contribution in [3.8, 4) is 0 Å². The van der Waals surface area contributed by atoms with Crippen molar-refractivity contribution in [1.29, 1.82) is 0 Å². The van der Waals surface area contributed by atoms with Crippen molar-refractivity contribution < 1.29 is 16.5 Å². The summed E-state index contributed by atoms with van der Waals surface area (Å²) >= 11 is 8.70. The second-order valence-corrected chi connectivity index (χ2v) is 3.30. The first-order chi connectivity index (χ1) is 5.29. The van der Waals surface area contributed by atoms with Gasteiger partial charge >= 0.3 is 0 Å². The first-order valence-corrected chi connectivity index (χ1v) is 4.15. The molecule has 68 valence electrons. The van der Waals surface area contributed by atoms with Crippen LogP contribution >= 0.6 is 24.8 Å². The fraction of sp³-hybridized carbons (Fsp3) is 0.125. The Labute approximate surface area is 93.3 Å². The molecule has 1 aromatic carbocycles. The fourth-order valence-electron chi connectivity index (χ4n) is 0.774. The number of thiocarbonyl (C=S) groups is 1. The minimum absolute atomic E-state index is 0. The SMILES string of the molecule is S=C(S)NCc1ccccc1.[Ni]. The minimum Gasteiger partial charge on any atom is -0.367 e. The van der Waals surface area contributed by atoms with E-state index >= 15 is 0 Å². The first-order valence-electron chi connectivity index (χ1n) is 3.30. The second kappa shape index (κ2) is 6.47. The van der Waals surface area contributed by atoms with Gasteiger partial charge in [0.25, 0.3) is 0 Å². The van der Waals surface area contributed by atoms with E-state index in [0.29, 0.717) is 4.32 Å². The summed E-state index contributed by atoms with van der Waals surface area (Å²) in [5.41, 5.74) is 1.21. The average Bonchev–Trinajstić information content (AvgIpc) is 2.03. The van der Waals surface area contributed by atoms with Crippen molar-refractivity contribution >= 4 is 29.2 Å². The van der Waals surface area contributed by atoms with Gasteiger partial charge in [0.15, 0.2) is 0 Å². The molecule has 0 saturated heterocycles. The van der Waals surface area contributed by atoms with E-state index in [0.717, 1.165) is 6.54 Å². The molecule has 1 aromatic rings. The Kier molecular flexibility index (Phi) is 6.44. The molecule has 0 fully saturated rings. The van der Waals surface area contributed by atoms with Crippen LogP contribution in [0, 0.1) is 0 Å². The van der Waals surface area contributed by atoms with E-state index in [-0.39, 0.29) is 16.5 Å². The molecule has 0 saturated carbocycles. The molecule has 0 aromatic heterocycles. The van der Waals surface area contributed by atoms with Gasteiger partial charge in [0.05, 0.1) is 0 Å². The summed E-state index contributed by atoms with van der Waals surface area (Å²) in [5, 5.41) is 2.96. The van der Waals surface area contributed by atoms with E-state index in [9.17, 15) is 0 Å². The molecule has 0 bridgehead atoms. The molecule has 0 heterocycles. The minimum atomic E-state index is 0. The Balaban J connectivity index is 0.00000121. The van der Waals surface area contributed by atoms with Gasteiger partial charge in [0.2, 0.25) is 0 Å². The topological polar surface area (TPSA) is 12.0 Å². The van der Waals surface area contributed by atoms with Crippen LogP contribution in [0.25, 0.3) is 0 Å². The molecule has 0 aliphatic carbocycles. The second-order valence-electron chi connectivity index (χ2n) is 2.14. The maximum atomic E-state index is 4.75. The Hall–Kier alpha value is -0.0465. The van der Waals surface area contributed by atoms with Crippen LogP contribution < -0.4 is 5.32 Å². The number of benzene rings is 1. The van der Waals surface area contributed by atoms with Gasteiger partial charge in [-0.05, 0) is 5.56 Å². The molecule has 1 N–H and O–H groups in total. The number of nitrogens with one attached hydrogen (secondary N) is 1. The monoisotopic (exact) mass is 241 g/mol. The molecule has 0 aliphatic heterocycles. The van der Waals surface area contributed by atoms with E-state index in [2.05, 4.69) is 17.9 Å². The Morgan fingerprint density at radius 1 is 1.33 bits per heavy atom. The summed E-state index contributed by atoms with van der Waals surface area (Å²) in [7, 11) is 0. The van der Waals surface area contributed by atoms with E-state index in [1.54, 1.807) is 0 Å². The maximum absolute atomic E-state index is 4.75. The van der Waals surface area contributed by atoms with E-state index in [4.69, 9.17) is 12.2 Å². The fourth-order valence-corrected chi connectivity index (χ4v) is 0.925. The van der Waals surface area contributed by atoms with E-state index < -0.39 is 0 Å². The van der Waals surface area contributed by atoms with Crippen LogP contribution in [0.15, 0.2) is 30.3 Å². The molecule has 1 rings (SSSR count). The predicted molar refractivity (Wildman–Crippen MR) is 54.9 cm³/mol. The van der Waals surface area contributed by atoms with Crippen molar-refractivity contribution in [2.75, 3.05) is 0 Å². The average molecular weight is 242 g/mol. The van der Waals surface area contributed by atoms with Crippen molar-refractivity contribution in [2.45, 2.75) is 6.54 Å². The summed E-state index contributed by atoms with van der Waals surface area (Å²) in [6.45, 7) is 0.753. The van der Waals surface area contributed by atoms with Crippen LogP contribution in [0.1, 0.15) is 5.56 Å². The van der Waals surface area contributed by atoms with Gasteiger partial charge in [0, 0.05) is 23.0 Å². The van der Waals surface area contributed by atoms with Crippen LogP contribution in [0.4, 0.5) is 0 Å². The van der Waals surface area contributed by atoms with Crippen LogP contribution in [-0.2, 0) is 23.0 Å². The van der Waals surface area contributed by atoms with Crippen molar-refractivity contribution in [3.63, 3.8) is 0 Å². The van der Waals surface area contributed by atoms with Gasteiger partial charge in [-0.1, -0.05) is 42.5 Å². The first kappa shape index (κ1) is 12.0. The largest absolute Gasteiger partial charge is 0.367 e. The van der Waals surface area contributed by atoms with Crippen molar-refractivity contribution in [2.24, 2.45) is 0 Å². The van der Waals surface area contributed by atoms with E-state index in [1.807, 2.05) is 30.3 Å². The zero-order chi connectivity index (χ0) is 8.10. The van der Waals surface area contributed by atoms with Crippen LogP contribution in [0.3, 0.4) is 0 Å². The molecular weight excluding hydrogens is 233 g/mol. The third kappa shape index (κ3) is 4.76. The van der Waals surface area contributed by atoms with Gasteiger partial charge < -0.3 is 5.32 Å². The third-order valence-corrected chi connectivity index (χ3v) is 1.59. The Morgan fingerprint density at radius 2 is 1.92 bits per heavy atom. The molecule has 1 nitrogen and oxygen atoms in total. The van der Waals surface area contributed by atoms with Crippen molar-refractivity contribution in [1.82, 2.24) is 5.32 Å². The summed E-state index contributed by atoms with van der Waals surface area (Å²) in [4.78, 5) is 0. The number of rotatable bonds is 2. The zero-order valence-corrected chi connectivity index (χ0v) is 8.96. The molecule has 0 unspecified atom stereocenters. The quantitative estimate of drug-likeness (QED) is 0.467. The van der Waals surface area contributed by atoms with Gasteiger partial charge in [-0.25, -0.2) is 0 Å². The van der Waals surface area contributed by atoms with Crippen molar-refractivity contribution in [3.05, 3.63) is 35.9 Å². The third-order valence-electron chi connectivity index (χ3n) is 1.29. The standard InChI is InChI=1S/C8H9NS2.Ni/c10-8(11)9-6-7-4-2-1-3-5-7;/h1-5H,6H2,(H2,9,10,11);. The predicted octanol–water partition coefficient (Wildman–Crippen LogP) is 1.99. The summed E-state index contributed by atoms with van der Waals surface area (Å²) < 4.78 is 0.536. The molecule has 0 radical (unpaired) electrons. The number of hydrogen-bond donors (Lipinski definition) is 2. The smallest absolute Gasteiger partial charge is 0.130 e. The number of thiol groups is 1. The van der Waals surface area contributed by atoms with Crippen LogP contribution in [0.5, 0.6) is 0 Å². The zero-order valence-electron chi connectivity index (χ0n) is 6.27. The summed E-state index contributed by atoms with van der Waals surface area (Å²) in [6, 6.07) is 10.1. The molecule has 0 atom stereocenters. The maximum Gasteiger partial charge on any atom is 0.130 e. The Bertz CT molecular complexity index is 238. The van der Waals surface area contributed by atoms with Crippen LogP contribution in [-0.4, -0.2) is 4.32 Å². The summed E-state index contributed by atoms with van der Waals surface area (Å²) in [6.07, 6.45) is 0. The van der Waals surface area contributed by atoms with E-state index in [1.165, 1.54) is 5.56 Å². The number of hydrogen-bond acceptors (Lipinski definition) is 1. The van der Waals surface area contributed by atoms with Gasteiger partial charge in [0.1, 0.15) is 4.32 Å². The molecular formula is C8H9NNiS2. The van der Waals surface area contributed by atoms with Crippen LogP contribution in [0.2, 0.25) is 0 Å². The van der Waals surface area contributed by atoms with Gasteiger partial charge in [-0.3, -0.25) is 0 Å². The molecule has 12 heavy (non-hydrogen) atoms. The van der Waals surface area contributed by atoms with Gasteiger partial charge in [-0.15, -0.1) is 12.6 Å². The molecule has 0 aliphatic rings. The van der Waals surface area contributed by atoms with Gasteiger partial charge in [-0.2, -0.15) is 0 Å². The molecule has 0 spiro atoms. The molecule has 0 amide bonds. The normalized spacial score (nSPS) is 8.42. The summed E-state index contributed by atoms with van der Waals surface area (Å²) in [5.74, 6) is 0. The molecule has 4 heteroatoms.